The Morgan fingerprint density at radius 2 is 2.00 bits per heavy atom. The fourth-order valence-electron chi connectivity index (χ4n) is 3.75. The van der Waals surface area contributed by atoms with Crippen LogP contribution in [0.5, 0.6) is 5.75 Å². The van der Waals surface area contributed by atoms with E-state index in [0.717, 1.165) is 49.0 Å². The van der Waals surface area contributed by atoms with Crippen LogP contribution in [-0.4, -0.2) is 36.8 Å². The van der Waals surface area contributed by atoms with Crippen molar-refractivity contribution in [3.63, 3.8) is 0 Å². The van der Waals surface area contributed by atoms with Crippen molar-refractivity contribution in [2.24, 2.45) is 5.92 Å². The zero-order chi connectivity index (χ0) is 21.3. The Kier molecular flexibility index (Phi) is 6.51. The monoisotopic (exact) mass is 452 g/mol. The van der Waals surface area contributed by atoms with E-state index in [1.165, 1.54) is 12.1 Å². The normalized spacial score (nSPS) is 16.9. The van der Waals surface area contributed by atoms with Gasteiger partial charge in [-0.15, -0.1) is 0 Å². The number of amides is 1. The van der Waals surface area contributed by atoms with Crippen LogP contribution in [0.4, 0.5) is 8.78 Å². The predicted molar refractivity (Wildman–Crippen MR) is 115 cm³/mol. The molecule has 2 fully saturated rings. The van der Waals surface area contributed by atoms with Crippen LogP contribution in [0.25, 0.3) is 0 Å². The molecular weight excluding hydrogens is 430 g/mol. The van der Waals surface area contributed by atoms with Crippen LogP contribution in [0, 0.1) is 17.6 Å². The zero-order valence-electron chi connectivity index (χ0n) is 16.6. The highest BCUT2D eigenvalue weighted by Crippen LogP contribution is 2.45. The molecule has 30 heavy (non-hydrogen) atoms. The first kappa shape index (κ1) is 21.4. The van der Waals surface area contributed by atoms with E-state index in [-0.39, 0.29) is 10.6 Å². The molecule has 1 aliphatic carbocycles. The van der Waals surface area contributed by atoms with E-state index in [1.807, 2.05) is 6.07 Å². The van der Waals surface area contributed by atoms with Gasteiger partial charge in [-0.25, -0.2) is 8.78 Å². The maximum atomic E-state index is 14.5. The number of hydrogen-bond donors (Lipinski definition) is 1. The first-order valence-electron chi connectivity index (χ1n) is 9.90. The molecule has 1 heterocycles. The SMILES string of the molecule is CSNC(=O)c1cc(C2CC2)c(OCC2CN(Cc3ccc(Cl)c(F)c3)C2)cc1F. The van der Waals surface area contributed by atoms with Crippen LogP contribution in [0.2, 0.25) is 5.02 Å². The van der Waals surface area contributed by atoms with Crippen molar-refractivity contribution in [1.82, 2.24) is 9.62 Å². The van der Waals surface area contributed by atoms with Crippen LogP contribution in [0.15, 0.2) is 30.3 Å². The summed E-state index contributed by atoms with van der Waals surface area (Å²) in [6, 6.07) is 7.84. The summed E-state index contributed by atoms with van der Waals surface area (Å²) >= 11 is 6.87. The molecule has 1 amide bonds. The van der Waals surface area contributed by atoms with Crippen molar-refractivity contribution in [2.75, 3.05) is 26.0 Å². The van der Waals surface area contributed by atoms with Crippen LogP contribution < -0.4 is 9.46 Å². The fourth-order valence-corrected chi connectivity index (χ4v) is 4.16. The fraction of sp³-hybridized carbons (Fsp3) is 0.409. The van der Waals surface area contributed by atoms with Crippen molar-refractivity contribution in [2.45, 2.75) is 25.3 Å². The van der Waals surface area contributed by atoms with E-state index in [9.17, 15) is 13.6 Å². The van der Waals surface area contributed by atoms with Crippen LogP contribution in [0.1, 0.15) is 40.2 Å². The van der Waals surface area contributed by atoms with Gasteiger partial charge in [-0.1, -0.05) is 29.6 Å². The third-order valence-corrected chi connectivity index (χ3v) is 6.15. The highest BCUT2D eigenvalue weighted by atomic mass is 35.5. The summed E-state index contributed by atoms with van der Waals surface area (Å²) in [5.41, 5.74) is 1.85. The van der Waals surface area contributed by atoms with Crippen molar-refractivity contribution in [3.05, 3.63) is 63.7 Å². The molecule has 2 aliphatic rings. The molecule has 0 unspecified atom stereocenters. The van der Waals surface area contributed by atoms with Crippen LogP contribution >= 0.6 is 23.5 Å². The summed E-state index contributed by atoms with van der Waals surface area (Å²) in [7, 11) is 0. The molecule has 8 heteroatoms. The van der Waals surface area contributed by atoms with E-state index in [4.69, 9.17) is 16.3 Å². The minimum absolute atomic E-state index is 0.0589. The van der Waals surface area contributed by atoms with Gasteiger partial charge < -0.3 is 4.74 Å². The molecule has 0 bridgehead atoms. The standard InChI is InChI=1S/C22H23ClF2N2O2S/c1-30-26-22(28)17-7-16(15-3-4-15)21(8-19(17)24)29-12-14-10-27(11-14)9-13-2-5-18(23)20(25)6-13/h2,5-8,14-15H,3-4,9-12H2,1H3,(H,26,28). The van der Waals surface area contributed by atoms with Gasteiger partial charge in [0.05, 0.1) is 17.2 Å². The Labute approximate surface area is 184 Å². The Bertz CT molecular complexity index is 949. The lowest BCUT2D eigenvalue weighted by molar-refractivity contribution is 0.0553. The van der Waals surface area contributed by atoms with Crippen molar-refractivity contribution < 1.29 is 18.3 Å². The second-order valence-electron chi connectivity index (χ2n) is 7.90. The van der Waals surface area contributed by atoms with Crippen molar-refractivity contribution in [3.8, 4) is 5.75 Å². The predicted octanol–water partition coefficient (Wildman–Crippen LogP) is 5.01. The van der Waals surface area contributed by atoms with Gasteiger partial charge >= 0.3 is 0 Å². The highest BCUT2D eigenvalue weighted by molar-refractivity contribution is 7.97. The molecule has 160 valence electrons. The van der Waals surface area contributed by atoms with Gasteiger partial charge in [0.15, 0.2) is 0 Å². The van der Waals surface area contributed by atoms with Crippen molar-refractivity contribution >= 4 is 29.5 Å². The molecule has 0 aromatic heterocycles. The Morgan fingerprint density at radius 1 is 1.23 bits per heavy atom. The summed E-state index contributed by atoms with van der Waals surface area (Å²) in [5, 5.41) is 0.129. The smallest absolute Gasteiger partial charge is 0.264 e. The van der Waals surface area contributed by atoms with E-state index in [1.54, 1.807) is 18.4 Å². The molecule has 1 N–H and O–H groups in total. The van der Waals surface area contributed by atoms with Gasteiger partial charge in [-0.2, -0.15) is 0 Å². The van der Waals surface area contributed by atoms with Crippen molar-refractivity contribution in [1.29, 1.82) is 0 Å². The molecule has 2 aromatic rings. The summed E-state index contributed by atoms with van der Waals surface area (Å²) in [5.74, 6) is -0.202. The van der Waals surface area contributed by atoms with E-state index in [0.29, 0.717) is 30.7 Å². The van der Waals surface area contributed by atoms with Gasteiger partial charge in [0.2, 0.25) is 0 Å². The van der Waals surface area contributed by atoms with Gasteiger partial charge in [-0.3, -0.25) is 14.4 Å². The zero-order valence-corrected chi connectivity index (χ0v) is 18.2. The summed E-state index contributed by atoms with van der Waals surface area (Å²) < 4.78 is 36.6. The lowest BCUT2D eigenvalue weighted by Crippen LogP contribution is -2.48. The highest BCUT2D eigenvalue weighted by Gasteiger charge is 2.31. The Morgan fingerprint density at radius 3 is 2.67 bits per heavy atom. The minimum atomic E-state index is -0.569. The van der Waals surface area contributed by atoms with Gasteiger partial charge in [-0.05, 0) is 48.1 Å². The minimum Gasteiger partial charge on any atom is -0.493 e. The average Bonchev–Trinajstić information content (AvgIpc) is 3.51. The average molecular weight is 453 g/mol. The molecule has 4 nitrogen and oxygen atoms in total. The number of carbonyl (C=O) groups excluding carboxylic acids is 1. The first-order valence-corrected chi connectivity index (χ1v) is 11.5. The summed E-state index contributed by atoms with van der Waals surface area (Å²) in [4.78, 5) is 14.3. The molecule has 0 atom stereocenters. The molecule has 1 saturated heterocycles. The molecule has 1 saturated carbocycles. The van der Waals surface area contributed by atoms with Gasteiger partial charge in [0.25, 0.3) is 5.91 Å². The molecule has 4 rings (SSSR count). The lowest BCUT2D eigenvalue weighted by Gasteiger charge is -2.39. The first-order chi connectivity index (χ1) is 14.4. The topological polar surface area (TPSA) is 41.6 Å². The summed E-state index contributed by atoms with van der Waals surface area (Å²) in [6.45, 7) is 2.81. The number of hydrogen-bond acceptors (Lipinski definition) is 4. The Balaban J connectivity index is 1.33. The largest absolute Gasteiger partial charge is 0.493 e. The van der Waals surface area contributed by atoms with Gasteiger partial charge in [0, 0.05) is 37.9 Å². The number of rotatable bonds is 8. The number of ether oxygens (including phenoxy) is 1. The molecule has 1 aliphatic heterocycles. The van der Waals surface area contributed by atoms with E-state index in [2.05, 4.69) is 9.62 Å². The molecule has 0 spiro atoms. The maximum Gasteiger partial charge on any atom is 0.264 e. The number of nitrogens with zero attached hydrogens (tertiary/aromatic N) is 1. The lowest BCUT2D eigenvalue weighted by atomic mass is 10.00. The number of likely N-dealkylation sites (tertiary alicyclic amines) is 1. The molecule has 0 radical (unpaired) electrons. The number of benzene rings is 2. The van der Waals surface area contributed by atoms with Crippen LogP contribution in [0.3, 0.4) is 0 Å². The number of carbonyl (C=O) groups is 1. The second kappa shape index (κ2) is 9.12. The number of halogens is 3. The summed E-state index contributed by atoms with van der Waals surface area (Å²) in [6.07, 6.45) is 3.78. The Hall–Kier alpha value is -1.83. The quantitative estimate of drug-likeness (QED) is 0.571. The maximum absolute atomic E-state index is 14.5. The van der Waals surface area contributed by atoms with Crippen LogP contribution in [-0.2, 0) is 6.54 Å². The number of nitrogens with one attached hydrogen (secondary N) is 1. The third kappa shape index (κ3) is 4.90. The molecular formula is C22H23ClF2N2O2S. The van der Waals surface area contributed by atoms with E-state index >= 15 is 0 Å². The van der Waals surface area contributed by atoms with Gasteiger partial charge in [0.1, 0.15) is 17.4 Å². The van der Waals surface area contributed by atoms with E-state index < -0.39 is 17.5 Å². The molecule has 2 aromatic carbocycles. The third-order valence-electron chi connectivity index (χ3n) is 5.45. The second-order valence-corrected chi connectivity index (χ2v) is 8.92.